The van der Waals surface area contributed by atoms with Crippen molar-refractivity contribution < 1.29 is 29.0 Å². The van der Waals surface area contributed by atoms with Gasteiger partial charge in [0.25, 0.3) is 0 Å². The number of ether oxygens (including phenoxy) is 2. The van der Waals surface area contributed by atoms with Crippen LogP contribution in [0.4, 0.5) is 4.79 Å². The molecular formula is C33H36N2O6. The zero-order valence-electron chi connectivity index (χ0n) is 23.1. The van der Waals surface area contributed by atoms with Gasteiger partial charge in [-0.15, -0.1) is 0 Å². The molecule has 3 aromatic rings. The Morgan fingerprint density at radius 2 is 1.54 bits per heavy atom. The summed E-state index contributed by atoms with van der Waals surface area (Å²) in [7, 11) is 0. The Morgan fingerprint density at radius 1 is 0.902 bits per heavy atom. The molecule has 4 atom stereocenters. The number of carboxylic acid groups (broad SMARTS) is 1. The van der Waals surface area contributed by atoms with Gasteiger partial charge in [-0.25, -0.2) is 9.59 Å². The minimum absolute atomic E-state index is 0.00517. The number of fused-ring (bicyclic) bond motifs is 3. The Kier molecular flexibility index (Phi) is 8.99. The average molecular weight is 557 g/mol. The number of rotatable bonds is 11. The van der Waals surface area contributed by atoms with Crippen LogP contribution in [0.25, 0.3) is 11.1 Å². The van der Waals surface area contributed by atoms with Gasteiger partial charge in [-0.2, -0.15) is 0 Å². The van der Waals surface area contributed by atoms with E-state index < -0.39 is 24.2 Å². The quantitative estimate of drug-likeness (QED) is 0.297. The largest absolute Gasteiger partial charge is 0.480 e. The predicted octanol–water partition coefficient (Wildman–Crippen LogP) is 5.26. The molecule has 3 aromatic carbocycles. The number of amides is 2. The third-order valence-corrected chi connectivity index (χ3v) is 8.09. The second kappa shape index (κ2) is 13.0. The Hall–Kier alpha value is -4.17. The second-order valence-corrected chi connectivity index (χ2v) is 10.9. The van der Waals surface area contributed by atoms with Crippen molar-refractivity contribution in [3.05, 3.63) is 95.6 Å². The molecule has 0 radical (unpaired) electrons. The first-order valence-corrected chi connectivity index (χ1v) is 14.2. The monoisotopic (exact) mass is 556 g/mol. The SMILES string of the molecule is C[C@@H](OCc1ccccc1)[C@H](NC(=O)C[C@H]1CC[C@@H](NC(=O)OCC2c3ccccc3-c3ccccc32)C1)C(=O)O. The van der Waals surface area contributed by atoms with Gasteiger partial charge >= 0.3 is 12.1 Å². The van der Waals surface area contributed by atoms with Gasteiger partial charge in [-0.3, -0.25) is 4.79 Å². The van der Waals surface area contributed by atoms with Crippen LogP contribution in [-0.2, 0) is 25.7 Å². The summed E-state index contributed by atoms with van der Waals surface area (Å²) in [5, 5.41) is 15.3. The zero-order chi connectivity index (χ0) is 28.8. The highest BCUT2D eigenvalue weighted by molar-refractivity contribution is 5.84. The Morgan fingerprint density at radius 3 is 2.20 bits per heavy atom. The Balaban J connectivity index is 1.06. The Bertz CT molecular complexity index is 1330. The lowest BCUT2D eigenvalue weighted by molar-refractivity contribution is -0.146. The maximum atomic E-state index is 12.7. The van der Waals surface area contributed by atoms with Crippen LogP contribution in [0.3, 0.4) is 0 Å². The molecule has 2 amide bonds. The number of carboxylic acids is 1. The fraction of sp³-hybridized carbons (Fsp3) is 0.364. The molecule has 0 aliphatic heterocycles. The molecule has 0 bridgehead atoms. The van der Waals surface area contributed by atoms with E-state index in [-0.39, 0.29) is 43.4 Å². The molecule has 0 aromatic heterocycles. The highest BCUT2D eigenvalue weighted by Crippen LogP contribution is 2.44. The molecule has 3 N–H and O–H groups in total. The van der Waals surface area contributed by atoms with Crippen LogP contribution in [-0.4, -0.2) is 47.9 Å². The van der Waals surface area contributed by atoms with Crippen molar-refractivity contribution in [3.8, 4) is 11.1 Å². The number of nitrogens with one attached hydrogen (secondary N) is 2. The molecule has 214 valence electrons. The number of benzene rings is 3. The van der Waals surface area contributed by atoms with E-state index in [0.29, 0.717) is 6.42 Å². The van der Waals surface area contributed by atoms with Crippen LogP contribution >= 0.6 is 0 Å². The van der Waals surface area contributed by atoms with Gasteiger partial charge in [0.2, 0.25) is 5.91 Å². The summed E-state index contributed by atoms with van der Waals surface area (Å²) < 4.78 is 11.4. The first kappa shape index (κ1) is 28.4. The summed E-state index contributed by atoms with van der Waals surface area (Å²) in [5.74, 6) is -1.43. The minimum Gasteiger partial charge on any atom is -0.480 e. The Labute approximate surface area is 240 Å². The van der Waals surface area contributed by atoms with E-state index in [4.69, 9.17) is 9.47 Å². The standard InChI is InChI=1S/C33H36N2O6/c1-21(40-19-22-9-3-2-4-10-22)31(32(37)38)35-30(36)18-23-15-16-24(17-23)34-33(39)41-20-29-27-13-7-5-11-25(27)26-12-6-8-14-28(26)29/h2-14,21,23-24,29,31H,15-20H2,1H3,(H,34,39)(H,35,36)(H,37,38)/t21-,23+,24-,31+/m1/s1. The smallest absolute Gasteiger partial charge is 0.407 e. The van der Waals surface area contributed by atoms with Crippen LogP contribution in [0.15, 0.2) is 78.9 Å². The average Bonchev–Trinajstić information content (AvgIpc) is 3.55. The molecular weight excluding hydrogens is 520 g/mol. The van der Waals surface area contributed by atoms with Crippen molar-refractivity contribution in [1.29, 1.82) is 0 Å². The maximum absolute atomic E-state index is 12.7. The first-order chi connectivity index (χ1) is 19.9. The van der Waals surface area contributed by atoms with E-state index in [1.54, 1.807) is 6.92 Å². The fourth-order valence-electron chi connectivity index (χ4n) is 5.97. The zero-order valence-corrected chi connectivity index (χ0v) is 23.1. The molecule has 8 heteroatoms. The van der Waals surface area contributed by atoms with Crippen molar-refractivity contribution >= 4 is 18.0 Å². The van der Waals surface area contributed by atoms with Gasteiger partial charge in [-0.1, -0.05) is 78.9 Å². The second-order valence-electron chi connectivity index (χ2n) is 10.9. The van der Waals surface area contributed by atoms with E-state index in [1.165, 1.54) is 11.1 Å². The molecule has 8 nitrogen and oxygen atoms in total. The topological polar surface area (TPSA) is 114 Å². The number of hydrogen-bond acceptors (Lipinski definition) is 5. The third-order valence-electron chi connectivity index (χ3n) is 8.09. The predicted molar refractivity (Wildman–Crippen MR) is 154 cm³/mol. The van der Waals surface area contributed by atoms with Crippen LogP contribution in [0.2, 0.25) is 0 Å². The summed E-state index contributed by atoms with van der Waals surface area (Å²) in [6.07, 6.45) is 1.16. The number of alkyl carbamates (subject to hydrolysis) is 1. The molecule has 2 aliphatic carbocycles. The van der Waals surface area contributed by atoms with Crippen molar-refractivity contribution in [3.63, 3.8) is 0 Å². The molecule has 0 spiro atoms. The van der Waals surface area contributed by atoms with Crippen molar-refractivity contribution in [2.24, 2.45) is 5.92 Å². The fourth-order valence-corrected chi connectivity index (χ4v) is 5.97. The van der Waals surface area contributed by atoms with Gasteiger partial charge in [0.1, 0.15) is 6.61 Å². The van der Waals surface area contributed by atoms with Crippen LogP contribution in [0.5, 0.6) is 0 Å². The van der Waals surface area contributed by atoms with Crippen LogP contribution in [0.1, 0.15) is 55.2 Å². The summed E-state index contributed by atoms with van der Waals surface area (Å²) in [6.45, 7) is 2.15. The van der Waals surface area contributed by atoms with E-state index in [2.05, 4.69) is 34.9 Å². The van der Waals surface area contributed by atoms with Gasteiger partial charge < -0.3 is 25.2 Å². The number of aliphatic carboxylic acids is 1. The van der Waals surface area contributed by atoms with Crippen LogP contribution < -0.4 is 10.6 Å². The van der Waals surface area contributed by atoms with Crippen molar-refractivity contribution in [1.82, 2.24) is 10.6 Å². The van der Waals surface area contributed by atoms with E-state index in [1.807, 2.05) is 54.6 Å². The molecule has 1 saturated carbocycles. The summed E-state index contributed by atoms with van der Waals surface area (Å²) >= 11 is 0. The minimum atomic E-state index is -1.15. The van der Waals surface area contributed by atoms with E-state index in [0.717, 1.165) is 29.5 Å². The number of carbonyl (C=O) groups excluding carboxylic acids is 2. The lowest BCUT2D eigenvalue weighted by Gasteiger charge is -2.22. The van der Waals surface area contributed by atoms with E-state index >= 15 is 0 Å². The first-order valence-electron chi connectivity index (χ1n) is 14.2. The summed E-state index contributed by atoms with van der Waals surface area (Å²) in [5.41, 5.74) is 5.60. The van der Waals surface area contributed by atoms with Gasteiger partial charge in [0.05, 0.1) is 12.7 Å². The van der Waals surface area contributed by atoms with E-state index in [9.17, 15) is 19.5 Å². The highest BCUT2D eigenvalue weighted by Gasteiger charge is 2.33. The molecule has 0 saturated heterocycles. The van der Waals surface area contributed by atoms with Gasteiger partial charge in [0, 0.05) is 18.4 Å². The lowest BCUT2D eigenvalue weighted by atomic mass is 9.98. The highest BCUT2D eigenvalue weighted by atomic mass is 16.5. The molecule has 2 aliphatic rings. The molecule has 5 rings (SSSR count). The lowest BCUT2D eigenvalue weighted by Crippen LogP contribution is -2.48. The summed E-state index contributed by atoms with van der Waals surface area (Å²) in [6, 6.07) is 24.6. The number of carbonyl (C=O) groups is 3. The van der Waals surface area contributed by atoms with Crippen LogP contribution in [0, 0.1) is 5.92 Å². The van der Waals surface area contributed by atoms with Gasteiger partial charge in [-0.05, 0) is 59.9 Å². The van der Waals surface area contributed by atoms with Crippen molar-refractivity contribution in [2.45, 2.75) is 63.3 Å². The summed E-state index contributed by atoms with van der Waals surface area (Å²) in [4.78, 5) is 37.2. The maximum Gasteiger partial charge on any atom is 0.407 e. The molecule has 1 fully saturated rings. The normalized spacial score (nSPS) is 19.0. The molecule has 0 unspecified atom stereocenters. The molecule has 0 heterocycles. The van der Waals surface area contributed by atoms with Gasteiger partial charge in [0.15, 0.2) is 6.04 Å². The third kappa shape index (κ3) is 6.95. The van der Waals surface area contributed by atoms with Crippen molar-refractivity contribution in [2.75, 3.05) is 6.61 Å². The molecule has 41 heavy (non-hydrogen) atoms. The number of hydrogen-bond donors (Lipinski definition) is 3.